The second-order valence-corrected chi connectivity index (χ2v) is 5.87. The zero-order valence-electron chi connectivity index (χ0n) is 11.4. The van der Waals surface area contributed by atoms with Crippen LogP contribution in [-0.4, -0.2) is 23.6 Å². The number of benzene rings is 1. The quantitative estimate of drug-likeness (QED) is 0.777. The van der Waals surface area contributed by atoms with Crippen LogP contribution >= 0.6 is 11.8 Å². The van der Waals surface area contributed by atoms with E-state index in [0.29, 0.717) is 17.9 Å². The minimum absolute atomic E-state index is 0.0176. The van der Waals surface area contributed by atoms with Crippen LogP contribution in [-0.2, 0) is 9.59 Å². The lowest BCUT2D eigenvalue weighted by molar-refractivity contribution is -0.116. The van der Waals surface area contributed by atoms with E-state index in [2.05, 4.69) is 10.6 Å². The highest BCUT2D eigenvalue weighted by atomic mass is 32.2. The van der Waals surface area contributed by atoms with Gasteiger partial charge in [-0.3, -0.25) is 9.59 Å². The van der Waals surface area contributed by atoms with Gasteiger partial charge < -0.3 is 16.4 Å². The third kappa shape index (κ3) is 3.98. The highest BCUT2D eigenvalue weighted by Gasteiger charge is 2.16. The van der Waals surface area contributed by atoms with E-state index in [-0.39, 0.29) is 17.9 Å². The lowest BCUT2D eigenvalue weighted by Gasteiger charge is -2.17. The number of fused-ring (bicyclic) bond motifs is 1. The van der Waals surface area contributed by atoms with Gasteiger partial charge in [-0.15, -0.1) is 11.8 Å². The van der Waals surface area contributed by atoms with E-state index in [1.807, 2.05) is 19.1 Å². The van der Waals surface area contributed by atoms with Crippen molar-refractivity contribution in [1.29, 1.82) is 0 Å². The van der Waals surface area contributed by atoms with Crippen molar-refractivity contribution >= 4 is 35.0 Å². The number of hydrogen-bond acceptors (Lipinski definition) is 4. The van der Waals surface area contributed by atoms with E-state index in [1.165, 1.54) is 11.8 Å². The number of anilines is 2. The van der Waals surface area contributed by atoms with Crippen molar-refractivity contribution in [2.24, 2.45) is 5.73 Å². The Hall–Kier alpha value is -1.53. The number of thioether (sulfide) groups is 1. The molecule has 1 heterocycles. The van der Waals surface area contributed by atoms with E-state index < -0.39 is 0 Å². The van der Waals surface area contributed by atoms with Crippen molar-refractivity contribution in [3.63, 3.8) is 0 Å². The highest BCUT2D eigenvalue weighted by Crippen LogP contribution is 2.33. The molecular formula is C14H19N3O2S. The van der Waals surface area contributed by atoms with Crippen LogP contribution in [0.4, 0.5) is 11.4 Å². The van der Waals surface area contributed by atoms with Crippen LogP contribution < -0.4 is 16.4 Å². The molecular weight excluding hydrogens is 274 g/mol. The molecule has 108 valence electrons. The summed E-state index contributed by atoms with van der Waals surface area (Å²) in [7, 11) is 0. The first-order valence-corrected chi connectivity index (χ1v) is 7.69. The normalized spacial score (nSPS) is 15.2. The third-order valence-electron chi connectivity index (χ3n) is 3.00. The minimum Gasteiger partial charge on any atom is -0.327 e. The smallest absolute Gasteiger partial charge is 0.234 e. The fourth-order valence-corrected chi connectivity index (χ4v) is 2.87. The summed E-state index contributed by atoms with van der Waals surface area (Å²) < 4.78 is 0. The van der Waals surface area contributed by atoms with E-state index in [0.717, 1.165) is 23.4 Å². The van der Waals surface area contributed by atoms with Crippen molar-refractivity contribution < 1.29 is 9.59 Å². The van der Waals surface area contributed by atoms with Gasteiger partial charge in [0.25, 0.3) is 0 Å². The number of carbonyl (C=O) groups excluding carboxylic acids is 2. The maximum atomic E-state index is 11.8. The summed E-state index contributed by atoms with van der Waals surface area (Å²) in [6.45, 7) is 2.04. The van der Waals surface area contributed by atoms with Gasteiger partial charge in [-0.25, -0.2) is 0 Å². The zero-order chi connectivity index (χ0) is 14.5. The Morgan fingerprint density at radius 2 is 2.35 bits per heavy atom. The SMILES string of the molecule is CCCC(N)CC(=O)Nc1ccc2c(c1)NC(=O)CS2. The van der Waals surface area contributed by atoms with Gasteiger partial charge in [-0.1, -0.05) is 13.3 Å². The maximum absolute atomic E-state index is 11.8. The molecule has 0 aromatic heterocycles. The zero-order valence-corrected chi connectivity index (χ0v) is 12.3. The lowest BCUT2D eigenvalue weighted by atomic mass is 10.1. The van der Waals surface area contributed by atoms with E-state index in [9.17, 15) is 9.59 Å². The largest absolute Gasteiger partial charge is 0.327 e. The van der Waals surface area contributed by atoms with E-state index in [1.54, 1.807) is 6.07 Å². The minimum atomic E-state index is -0.104. The van der Waals surface area contributed by atoms with Gasteiger partial charge in [-0.05, 0) is 24.6 Å². The number of nitrogens with one attached hydrogen (secondary N) is 2. The average Bonchev–Trinajstić information content (AvgIpc) is 2.38. The molecule has 1 atom stereocenters. The summed E-state index contributed by atoms with van der Waals surface area (Å²) >= 11 is 1.50. The Bertz CT molecular complexity index is 519. The molecule has 1 aliphatic heterocycles. The first-order valence-electron chi connectivity index (χ1n) is 6.70. The first-order chi connectivity index (χ1) is 9.58. The summed E-state index contributed by atoms with van der Waals surface area (Å²) in [5, 5.41) is 5.62. The molecule has 0 spiro atoms. The van der Waals surface area contributed by atoms with Gasteiger partial charge in [0.2, 0.25) is 11.8 Å². The molecule has 0 bridgehead atoms. The van der Waals surface area contributed by atoms with Gasteiger partial charge in [0.15, 0.2) is 0 Å². The van der Waals surface area contributed by atoms with Crippen LogP contribution in [0.15, 0.2) is 23.1 Å². The summed E-state index contributed by atoms with van der Waals surface area (Å²) in [6, 6.07) is 5.42. The molecule has 0 radical (unpaired) electrons. The number of amides is 2. The molecule has 2 amide bonds. The summed E-state index contributed by atoms with van der Waals surface area (Å²) in [6.07, 6.45) is 2.12. The Kier molecular flexibility index (Phi) is 5.03. The Morgan fingerprint density at radius 3 is 3.10 bits per heavy atom. The summed E-state index contributed by atoms with van der Waals surface area (Å²) in [5.74, 6) is 0.321. The maximum Gasteiger partial charge on any atom is 0.234 e. The molecule has 0 fully saturated rings. The van der Waals surface area contributed by atoms with Gasteiger partial charge in [0, 0.05) is 23.0 Å². The standard InChI is InChI=1S/C14H19N3O2S/c1-2-3-9(15)6-13(18)16-10-4-5-12-11(7-10)17-14(19)8-20-12/h4-5,7,9H,2-3,6,8,15H2,1H3,(H,16,18)(H,17,19). The number of rotatable bonds is 5. The molecule has 0 saturated heterocycles. The average molecular weight is 293 g/mol. The summed E-state index contributed by atoms with van der Waals surface area (Å²) in [4.78, 5) is 24.2. The molecule has 1 aromatic rings. The predicted octanol–water partition coefficient (Wildman–Crippen LogP) is 2.19. The van der Waals surface area contributed by atoms with Crippen LogP contribution in [0.2, 0.25) is 0 Å². The summed E-state index contributed by atoms with van der Waals surface area (Å²) in [5.41, 5.74) is 7.28. The Morgan fingerprint density at radius 1 is 1.55 bits per heavy atom. The molecule has 2 rings (SSSR count). The predicted molar refractivity (Wildman–Crippen MR) is 81.9 cm³/mol. The third-order valence-corrected chi connectivity index (χ3v) is 4.08. The topological polar surface area (TPSA) is 84.2 Å². The Balaban J connectivity index is 1.98. The number of nitrogens with two attached hydrogens (primary N) is 1. The van der Waals surface area contributed by atoms with Crippen LogP contribution in [0.3, 0.4) is 0 Å². The van der Waals surface area contributed by atoms with Crippen molar-refractivity contribution in [3.05, 3.63) is 18.2 Å². The van der Waals surface area contributed by atoms with E-state index >= 15 is 0 Å². The second-order valence-electron chi connectivity index (χ2n) is 4.85. The molecule has 5 nitrogen and oxygen atoms in total. The molecule has 20 heavy (non-hydrogen) atoms. The molecule has 1 aromatic carbocycles. The van der Waals surface area contributed by atoms with Crippen LogP contribution in [0, 0.1) is 0 Å². The fraction of sp³-hybridized carbons (Fsp3) is 0.429. The van der Waals surface area contributed by atoms with Crippen LogP contribution in [0.5, 0.6) is 0 Å². The van der Waals surface area contributed by atoms with Crippen LogP contribution in [0.25, 0.3) is 0 Å². The molecule has 6 heteroatoms. The van der Waals surface area contributed by atoms with Crippen molar-refractivity contribution in [3.8, 4) is 0 Å². The number of carbonyl (C=O) groups is 2. The Labute approximate surface area is 122 Å². The van der Waals surface area contributed by atoms with E-state index in [4.69, 9.17) is 5.73 Å². The van der Waals surface area contributed by atoms with Gasteiger partial charge in [0.05, 0.1) is 11.4 Å². The molecule has 0 saturated carbocycles. The van der Waals surface area contributed by atoms with Crippen molar-refractivity contribution in [2.75, 3.05) is 16.4 Å². The van der Waals surface area contributed by atoms with Crippen LogP contribution in [0.1, 0.15) is 26.2 Å². The molecule has 1 unspecified atom stereocenters. The lowest BCUT2D eigenvalue weighted by Crippen LogP contribution is -2.27. The van der Waals surface area contributed by atoms with Crippen molar-refractivity contribution in [1.82, 2.24) is 0 Å². The number of hydrogen-bond donors (Lipinski definition) is 3. The monoisotopic (exact) mass is 293 g/mol. The molecule has 4 N–H and O–H groups in total. The van der Waals surface area contributed by atoms with Crippen molar-refractivity contribution in [2.45, 2.75) is 37.1 Å². The highest BCUT2D eigenvalue weighted by molar-refractivity contribution is 8.00. The molecule has 0 aliphatic carbocycles. The first kappa shape index (κ1) is 14.9. The second kappa shape index (κ2) is 6.76. The van der Waals surface area contributed by atoms with Gasteiger partial charge in [-0.2, -0.15) is 0 Å². The fourth-order valence-electron chi connectivity index (χ4n) is 2.08. The molecule has 1 aliphatic rings. The van der Waals surface area contributed by atoms with Gasteiger partial charge >= 0.3 is 0 Å². The van der Waals surface area contributed by atoms with Gasteiger partial charge in [0.1, 0.15) is 0 Å².